The van der Waals surface area contributed by atoms with Crippen molar-refractivity contribution in [2.45, 2.75) is 13.3 Å². The van der Waals surface area contributed by atoms with Gasteiger partial charge in [-0.3, -0.25) is 9.36 Å². The maximum atomic E-state index is 12.8. The Morgan fingerprint density at radius 1 is 0.950 bits per heavy atom. The molecule has 3 rings (SSSR count). The lowest BCUT2D eigenvalue weighted by Gasteiger charge is -2.15. The van der Waals surface area contributed by atoms with Gasteiger partial charge in [0.25, 0.3) is 5.56 Å². The van der Waals surface area contributed by atoms with Gasteiger partial charge in [0.2, 0.25) is 0 Å². The van der Waals surface area contributed by atoms with Crippen molar-refractivity contribution in [1.82, 2.24) is 4.57 Å². The lowest BCUT2D eigenvalue weighted by atomic mass is 10.1. The van der Waals surface area contributed by atoms with Crippen molar-refractivity contribution in [2.24, 2.45) is 0 Å². The highest BCUT2D eigenvalue weighted by molar-refractivity contribution is 6.36. The Morgan fingerprint density at radius 2 is 1.55 bits per heavy atom. The van der Waals surface area contributed by atoms with Gasteiger partial charge in [-0.2, -0.15) is 0 Å². The Labute approximate surface area is 122 Å². The monoisotopic (exact) mass is 283 g/mol. The molecule has 0 spiro atoms. The van der Waals surface area contributed by atoms with E-state index in [1.54, 1.807) is 4.57 Å². The van der Waals surface area contributed by atoms with Crippen LogP contribution in [0.5, 0.6) is 0 Å². The average Bonchev–Trinajstić information content (AvgIpc) is 2.51. The summed E-state index contributed by atoms with van der Waals surface area (Å²) >= 11 is 6.51. The van der Waals surface area contributed by atoms with Crippen molar-refractivity contribution in [3.8, 4) is 5.69 Å². The number of para-hydroxylation sites is 1. The van der Waals surface area contributed by atoms with Crippen LogP contribution in [0.2, 0.25) is 5.02 Å². The van der Waals surface area contributed by atoms with Crippen LogP contribution in [-0.4, -0.2) is 4.57 Å². The minimum Gasteiger partial charge on any atom is -0.279 e. The van der Waals surface area contributed by atoms with E-state index < -0.39 is 0 Å². The molecule has 0 fully saturated rings. The molecule has 0 aliphatic carbocycles. The summed E-state index contributed by atoms with van der Waals surface area (Å²) in [5.41, 5.74) is 1.68. The predicted octanol–water partition coefficient (Wildman–Crippen LogP) is 4.21. The largest absolute Gasteiger partial charge is 0.279 e. The predicted molar refractivity (Wildman–Crippen MR) is 83.9 cm³/mol. The summed E-state index contributed by atoms with van der Waals surface area (Å²) < 4.78 is 1.71. The SMILES string of the molecule is CCc1c(Cl)c2ccccc2c(=O)n1-c1ccccc1. The summed E-state index contributed by atoms with van der Waals surface area (Å²) in [5.74, 6) is 0. The third-order valence-electron chi connectivity index (χ3n) is 3.47. The van der Waals surface area contributed by atoms with Gasteiger partial charge in [-0.15, -0.1) is 0 Å². The van der Waals surface area contributed by atoms with Gasteiger partial charge in [-0.1, -0.05) is 54.9 Å². The van der Waals surface area contributed by atoms with Crippen LogP contribution in [0.25, 0.3) is 16.5 Å². The fourth-order valence-corrected chi connectivity index (χ4v) is 2.90. The highest BCUT2D eigenvalue weighted by Crippen LogP contribution is 2.26. The molecule has 2 nitrogen and oxygen atoms in total. The van der Waals surface area contributed by atoms with Gasteiger partial charge in [-0.05, 0) is 24.6 Å². The molecule has 0 unspecified atom stereocenters. The normalized spacial score (nSPS) is 10.9. The highest BCUT2D eigenvalue weighted by atomic mass is 35.5. The molecule has 1 heterocycles. The summed E-state index contributed by atoms with van der Waals surface area (Å²) in [5, 5.41) is 2.13. The lowest BCUT2D eigenvalue weighted by Crippen LogP contribution is -2.22. The van der Waals surface area contributed by atoms with Gasteiger partial charge in [0, 0.05) is 22.2 Å². The van der Waals surface area contributed by atoms with E-state index >= 15 is 0 Å². The Balaban J connectivity index is 2.48. The Hall–Kier alpha value is -2.06. The number of hydrogen-bond donors (Lipinski definition) is 0. The third kappa shape index (κ3) is 1.93. The van der Waals surface area contributed by atoms with Crippen LogP contribution < -0.4 is 5.56 Å². The number of nitrogens with zero attached hydrogens (tertiary/aromatic N) is 1. The fourth-order valence-electron chi connectivity index (χ4n) is 2.52. The van der Waals surface area contributed by atoms with Crippen LogP contribution in [0, 0.1) is 0 Å². The zero-order valence-electron chi connectivity index (χ0n) is 11.1. The lowest BCUT2D eigenvalue weighted by molar-refractivity contribution is 0.889. The van der Waals surface area contributed by atoms with Crippen molar-refractivity contribution >= 4 is 22.4 Å². The van der Waals surface area contributed by atoms with Crippen molar-refractivity contribution in [2.75, 3.05) is 0 Å². The fraction of sp³-hybridized carbons (Fsp3) is 0.118. The molecule has 0 N–H and O–H groups in total. The molecule has 1 aromatic heterocycles. The number of hydrogen-bond acceptors (Lipinski definition) is 1. The van der Waals surface area contributed by atoms with Gasteiger partial charge in [0.15, 0.2) is 0 Å². The molecule has 3 heteroatoms. The molecule has 0 bridgehead atoms. The van der Waals surface area contributed by atoms with Gasteiger partial charge < -0.3 is 0 Å². The van der Waals surface area contributed by atoms with Crippen molar-refractivity contribution in [1.29, 1.82) is 0 Å². The van der Waals surface area contributed by atoms with Crippen molar-refractivity contribution in [3.05, 3.63) is 75.7 Å². The molecule has 3 aromatic rings. The first-order chi connectivity index (χ1) is 9.74. The molecule has 20 heavy (non-hydrogen) atoms. The van der Waals surface area contributed by atoms with Crippen molar-refractivity contribution in [3.63, 3.8) is 0 Å². The van der Waals surface area contributed by atoms with E-state index in [1.165, 1.54) is 0 Å². The smallest absolute Gasteiger partial charge is 0.263 e. The van der Waals surface area contributed by atoms with Crippen LogP contribution in [0.1, 0.15) is 12.6 Å². The van der Waals surface area contributed by atoms with E-state index in [-0.39, 0.29) is 5.56 Å². The van der Waals surface area contributed by atoms with E-state index in [0.29, 0.717) is 16.8 Å². The summed E-state index contributed by atoms with van der Waals surface area (Å²) in [4.78, 5) is 12.8. The van der Waals surface area contributed by atoms with Crippen LogP contribution >= 0.6 is 11.6 Å². The third-order valence-corrected chi connectivity index (χ3v) is 3.89. The number of halogens is 1. The molecule has 0 radical (unpaired) electrons. The van der Waals surface area contributed by atoms with Crippen molar-refractivity contribution < 1.29 is 0 Å². The molecule has 0 atom stereocenters. The number of rotatable bonds is 2. The van der Waals surface area contributed by atoms with Crippen LogP contribution in [0.15, 0.2) is 59.4 Å². The van der Waals surface area contributed by atoms with E-state index in [0.717, 1.165) is 16.8 Å². The second-order valence-corrected chi connectivity index (χ2v) is 5.01. The minimum atomic E-state index is -0.0203. The molecule has 100 valence electrons. The highest BCUT2D eigenvalue weighted by Gasteiger charge is 2.14. The average molecular weight is 284 g/mol. The first-order valence-corrected chi connectivity index (χ1v) is 6.99. The van der Waals surface area contributed by atoms with Gasteiger partial charge in [0.05, 0.1) is 5.02 Å². The van der Waals surface area contributed by atoms with Gasteiger partial charge in [0.1, 0.15) is 0 Å². The second kappa shape index (κ2) is 5.14. The summed E-state index contributed by atoms with van der Waals surface area (Å²) in [6.45, 7) is 2.01. The zero-order chi connectivity index (χ0) is 14.1. The Bertz CT molecular complexity index is 822. The standard InChI is InChI=1S/C17H14ClNO/c1-2-15-16(18)13-10-6-7-11-14(13)17(20)19(15)12-8-4-3-5-9-12/h3-11H,2H2,1H3. The number of fused-ring (bicyclic) bond motifs is 1. The quantitative estimate of drug-likeness (QED) is 0.691. The van der Waals surface area contributed by atoms with E-state index in [2.05, 4.69) is 0 Å². The molecule has 0 amide bonds. The summed E-state index contributed by atoms with van der Waals surface area (Å²) in [6.07, 6.45) is 0.702. The van der Waals surface area contributed by atoms with Gasteiger partial charge in [-0.25, -0.2) is 0 Å². The maximum Gasteiger partial charge on any atom is 0.263 e. The zero-order valence-corrected chi connectivity index (χ0v) is 11.9. The van der Waals surface area contributed by atoms with Gasteiger partial charge >= 0.3 is 0 Å². The number of benzene rings is 2. The Kier molecular flexibility index (Phi) is 3.33. The summed E-state index contributed by atoms with van der Waals surface area (Å²) in [6, 6.07) is 17.1. The number of pyridine rings is 1. The maximum absolute atomic E-state index is 12.8. The summed E-state index contributed by atoms with van der Waals surface area (Å²) in [7, 11) is 0. The molecule has 0 aliphatic heterocycles. The minimum absolute atomic E-state index is 0.0203. The van der Waals surface area contributed by atoms with E-state index in [4.69, 9.17) is 11.6 Å². The van der Waals surface area contributed by atoms with Crippen LogP contribution in [0.3, 0.4) is 0 Å². The molecular weight excluding hydrogens is 270 g/mol. The molecule has 0 saturated carbocycles. The molecule has 0 saturated heterocycles. The number of aromatic nitrogens is 1. The van der Waals surface area contributed by atoms with E-state index in [9.17, 15) is 4.79 Å². The molecule has 2 aromatic carbocycles. The van der Waals surface area contributed by atoms with E-state index in [1.807, 2.05) is 61.5 Å². The topological polar surface area (TPSA) is 22.0 Å². The first-order valence-electron chi connectivity index (χ1n) is 6.61. The molecular formula is C17H14ClNO. The van der Waals surface area contributed by atoms with Crippen LogP contribution in [-0.2, 0) is 6.42 Å². The Morgan fingerprint density at radius 3 is 2.20 bits per heavy atom. The first kappa shape index (κ1) is 12.9. The molecule has 0 aliphatic rings. The second-order valence-electron chi connectivity index (χ2n) is 4.64. The van der Waals surface area contributed by atoms with Crippen LogP contribution in [0.4, 0.5) is 0 Å².